The van der Waals surface area contributed by atoms with Crippen molar-refractivity contribution >= 4 is 23.3 Å². The lowest BCUT2D eigenvalue weighted by atomic mass is 10.2. The van der Waals surface area contributed by atoms with Gasteiger partial charge in [-0.05, 0) is 31.2 Å². The molecule has 0 aliphatic heterocycles. The van der Waals surface area contributed by atoms with Crippen LogP contribution in [0.2, 0.25) is 0 Å². The van der Waals surface area contributed by atoms with Crippen molar-refractivity contribution in [1.82, 2.24) is 9.78 Å². The molecule has 0 aliphatic rings. The van der Waals surface area contributed by atoms with Crippen molar-refractivity contribution in [2.24, 2.45) is 0 Å². The van der Waals surface area contributed by atoms with E-state index in [9.17, 15) is 19.7 Å². The average molecular weight is 384 g/mol. The summed E-state index contributed by atoms with van der Waals surface area (Å²) in [6.07, 6.45) is 3.37. The lowest BCUT2D eigenvalue weighted by molar-refractivity contribution is -0.385. The largest absolute Gasteiger partial charge is 0.452 e. The molecule has 0 spiro atoms. The average Bonchev–Trinajstić information content (AvgIpc) is 3.33. The van der Waals surface area contributed by atoms with E-state index in [0.29, 0.717) is 17.9 Å². The van der Waals surface area contributed by atoms with Gasteiger partial charge in [0.1, 0.15) is 5.76 Å². The Morgan fingerprint density at radius 3 is 2.86 bits per heavy atom. The third-order valence-corrected chi connectivity index (χ3v) is 3.76. The second-order valence-electron chi connectivity index (χ2n) is 5.85. The van der Waals surface area contributed by atoms with Crippen molar-refractivity contribution in [3.63, 3.8) is 0 Å². The van der Waals surface area contributed by atoms with Crippen LogP contribution >= 0.6 is 0 Å². The number of amides is 1. The van der Waals surface area contributed by atoms with E-state index >= 15 is 0 Å². The van der Waals surface area contributed by atoms with Gasteiger partial charge in [0.15, 0.2) is 6.61 Å². The first-order chi connectivity index (χ1) is 13.4. The number of nitro benzene ring substituents is 1. The summed E-state index contributed by atoms with van der Waals surface area (Å²) >= 11 is 0. The third-order valence-electron chi connectivity index (χ3n) is 3.76. The smallest absolute Gasteiger partial charge is 0.374 e. The van der Waals surface area contributed by atoms with E-state index in [2.05, 4.69) is 10.4 Å². The van der Waals surface area contributed by atoms with Gasteiger partial charge in [0.2, 0.25) is 5.76 Å². The van der Waals surface area contributed by atoms with Crippen LogP contribution in [0.25, 0.3) is 0 Å². The molecule has 2 heterocycles. The predicted octanol–water partition coefficient (Wildman–Crippen LogP) is 2.54. The van der Waals surface area contributed by atoms with E-state index in [1.807, 2.05) is 0 Å². The summed E-state index contributed by atoms with van der Waals surface area (Å²) in [4.78, 5) is 34.3. The Bertz CT molecular complexity index is 1010. The number of hydrogen-bond donors (Lipinski definition) is 1. The summed E-state index contributed by atoms with van der Waals surface area (Å²) in [5.74, 6) is -0.959. The first-order valence-corrected chi connectivity index (χ1v) is 8.20. The number of hydrogen-bond acceptors (Lipinski definition) is 7. The normalized spacial score (nSPS) is 10.5. The lowest BCUT2D eigenvalue weighted by Gasteiger charge is -2.06. The van der Waals surface area contributed by atoms with Crippen molar-refractivity contribution in [2.45, 2.75) is 13.5 Å². The number of nitrogens with one attached hydrogen (secondary N) is 1. The van der Waals surface area contributed by atoms with Crippen LogP contribution in [0, 0.1) is 17.0 Å². The summed E-state index contributed by atoms with van der Waals surface area (Å²) in [6.45, 7) is 1.39. The number of benzene rings is 1. The van der Waals surface area contributed by atoms with Crippen molar-refractivity contribution in [2.75, 3.05) is 11.9 Å². The minimum absolute atomic E-state index is 0.0408. The molecule has 1 amide bonds. The van der Waals surface area contributed by atoms with Crippen LogP contribution in [0.1, 0.15) is 21.9 Å². The van der Waals surface area contributed by atoms with Crippen molar-refractivity contribution in [3.05, 3.63) is 76.0 Å². The number of anilines is 1. The molecule has 0 saturated heterocycles. The molecule has 10 nitrogen and oxygen atoms in total. The van der Waals surface area contributed by atoms with Crippen molar-refractivity contribution < 1.29 is 23.7 Å². The highest BCUT2D eigenvalue weighted by molar-refractivity contribution is 5.94. The zero-order valence-corrected chi connectivity index (χ0v) is 14.8. The molecule has 0 fully saturated rings. The number of aromatic nitrogens is 2. The highest BCUT2D eigenvalue weighted by Gasteiger charge is 2.16. The molecule has 2 aromatic heterocycles. The van der Waals surface area contributed by atoms with E-state index in [0.717, 1.165) is 0 Å². The molecule has 0 aliphatic carbocycles. The predicted molar refractivity (Wildman–Crippen MR) is 96.8 cm³/mol. The standard InChI is InChI=1S/C18H16N4O6/c1-12-3-4-13(9-15(12)22(25)26)20-17(23)11-27-18(24)16-6-5-14(28-16)10-21-8-2-7-19-21/h2-9H,10-11H2,1H3,(H,20,23). The highest BCUT2D eigenvalue weighted by Crippen LogP contribution is 2.22. The van der Waals surface area contributed by atoms with E-state index in [-0.39, 0.29) is 17.1 Å². The highest BCUT2D eigenvalue weighted by atomic mass is 16.6. The number of nitrogens with zero attached hydrogens (tertiary/aromatic N) is 3. The van der Waals surface area contributed by atoms with E-state index in [1.165, 1.54) is 24.3 Å². The van der Waals surface area contributed by atoms with Gasteiger partial charge in [0.25, 0.3) is 11.6 Å². The molecule has 0 atom stereocenters. The quantitative estimate of drug-likeness (QED) is 0.376. The zero-order chi connectivity index (χ0) is 20.1. The zero-order valence-electron chi connectivity index (χ0n) is 14.8. The minimum atomic E-state index is -0.795. The molecule has 0 bridgehead atoms. The SMILES string of the molecule is Cc1ccc(NC(=O)COC(=O)c2ccc(Cn3cccn3)o2)cc1[N+](=O)[O-]. The number of nitro groups is 1. The number of carbonyl (C=O) groups is 2. The summed E-state index contributed by atoms with van der Waals surface area (Å²) in [5, 5.41) is 17.4. The molecule has 0 unspecified atom stereocenters. The Kier molecular flexibility index (Phi) is 5.49. The summed E-state index contributed by atoms with van der Waals surface area (Å²) in [6, 6.07) is 9.11. The van der Waals surface area contributed by atoms with Crippen LogP contribution in [0.5, 0.6) is 0 Å². The molecule has 3 rings (SSSR count). The van der Waals surface area contributed by atoms with Crippen LogP contribution in [-0.2, 0) is 16.1 Å². The number of furan rings is 1. The van der Waals surface area contributed by atoms with Gasteiger partial charge in [-0.3, -0.25) is 19.6 Å². The fraction of sp³-hybridized carbons (Fsp3) is 0.167. The first-order valence-electron chi connectivity index (χ1n) is 8.20. The first kappa shape index (κ1) is 18.8. The molecule has 144 valence electrons. The van der Waals surface area contributed by atoms with Gasteiger partial charge >= 0.3 is 5.97 Å². The van der Waals surface area contributed by atoms with Crippen LogP contribution in [0.3, 0.4) is 0 Å². The molecule has 0 saturated carbocycles. The Labute approximate surface area is 158 Å². The molecule has 3 aromatic rings. The molecule has 1 N–H and O–H groups in total. The Balaban J connectivity index is 1.53. The van der Waals surface area contributed by atoms with Gasteiger partial charge in [-0.25, -0.2) is 4.79 Å². The Morgan fingerprint density at radius 2 is 2.14 bits per heavy atom. The van der Waals surface area contributed by atoms with Gasteiger partial charge < -0.3 is 14.5 Å². The van der Waals surface area contributed by atoms with E-state index in [4.69, 9.17) is 9.15 Å². The maximum absolute atomic E-state index is 12.0. The van der Waals surface area contributed by atoms with Crippen LogP contribution < -0.4 is 5.32 Å². The van der Waals surface area contributed by atoms with E-state index < -0.39 is 23.4 Å². The lowest BCUT2D eigenvalue weighted by Crippen LogP contribution is -2.20. The molecule has 28 heavy (non-hydrogen) atoms. The summed E-state index contributed by atoms with van der Waals surface area (Å²) in [7, 11) is 0. The monoisotopic (exact) mass is 384 g/mol. The number of aryl methyl sites for hydroxylation is 1. The van der Waals surface area contributed by atoms with Crippen LogP contribution in [0.15, 0.2) is 53.2 Å². The number of carbonyl (C=O) groups excluding carboxylic acids is 2. The number of ether oxygens (including phenoxy) is 1. The molecule has 0 radical (unpaired) electrons. The molecule has 10 heteroatoms. The van der Waals surface area contributed by atoms with Crippen LogP contribution in [-0.4, -0.2) is 33.2 Å². The van der Waals surface area contributed by atoms with Gasteiger partial charge in [-0.2, -0.15) is 5.10 Å². The second-order valence-corrected chi connectivity index (χ2v) is 5.85. The van der Waals surface area contributed by atoms with Gasteiger partial charge in [-0.15, -0.1) is 0 Å². The fourth-order valence-electron chi connectivity index (χ4n) is 2.41. The van der Waals surface area contributed by atoms with Crippen molar-refractivity contribution in [1.29, 1.82) is 0 Å². The van der Waals surface area contributed by atoms with Gasteiger partial charge in [0, 0.05) is 29.7 Å². The second kappa shape index (κ2) is 8.16. The molecular weight excluding hydrogens is 368 g/mol. The third kappa shape index (κ3) is 4.61. The van der Waals surface area contributed by atoms with Gasteiger partial charge in [0.05, 0.1) is 11.5 Å². The van der Waals surface area contributed by atoms with E-state index in [1.54, 1.807) is 36.1 Å². The maximum atomic E-state index is 12.0. The number of rotatable bonds is 7. The Hall–Kier alpha value is -3.95. The maximum Gasteiger partial charge on any atom is 0.374 e. The topological polar surface area (TPSA) is 130 Å². The fourth-order valence-corrected chi connectivity index (χ4v) is 2.41. The minimum Gasteiger partial charge on any atom is -0.452 e. The van der Waals surface area contributed by atoms with Crippen LogP contribution in [0.4, 0.5) is 11.4 Å². The molecule has 1 aromatic carbocycles. The van der Waals surface area contributed by atoms with Gasteiger partial charge in [-0.1, -0.05) is 6.07 Å². The Morgan fingerprint density at radius 1 is 1.32 bits per heavy atom. The number of esters is 1. The molecular formula is C18H16N4O6. The van der Waals surface area contributed by atoms with Crippen molar-refractivity contribution in [3.8, 4) is 0 Å². The summed E-state index contributed by atoms with van der Waals surface area (Å²) in [5.41, 5.74) is 0.589. The summed E-state index contributed by atoms with van der Waals surface area (Å²) < 4.78 is 11.9.